The van der Waals surface area contributed by atoms with Gasteiger partial charge in [0, 0.05) is 5.54 Å². The fraction of sp³-hybridized carbons (Fsp3) is 0.348. The number of amides is 1. The lowest BCUT2D eigenvalue weighted by Gasteiger charge is -2.23. The van der Waals surface area contributed by atoms with Crippen molar-refractivity contribution in [2.75, 3.05) is 0 Å². The van der Waals surface area contributed by atoms with E-state index in [0.29, 0.717) is 16.1 Å². The monoisotopic (exact) mass is 409 g/mol. The minimum Gasteiger partial charge on any atom is -0.351 e. The molecular weight excluding hydrogens is 382 g/mol. The number of carbonyl (C=O) groups excluding carboxylic acids is 1. The molecule has 1 heterocycles. The normalized spacial score (nSPS) is 12.8. The number of aromatic nitrogens is 2. The van der Waals surface area contributed by atoms with Gasteiger partial charge in [0.25, 0.3) is 5.56 Å². The molecule has 0 fully saturated rings. The molecule has 0 saturated heterocycles. The van der Waals surface area contributed by atoms with E-state index in [1.165, 1.54) is 11.8 Å². The molecule has 0 aliphatic rings. The molecule has 1 amide bonds. The number of carbonyl (C=O) groups is 1. The SMILES string of the molecule is Cc1cc(C)cc(-n2c(SC(C)C(=O)NC(C)(C)C)nc3ccccc3c2=O)c1. The molecule has 1 N–H and O–H groups in total. The molecule has 29 heavy (non-hydrogen) atoms. The molecule has 1 atom stereocenters. The summed E-state index contributed by atoms with van der Waals surface area (Å²) in [7, 11) is 0. The van der Waals surface area contributed by atoms with Gasteiger partial charge in [0.2, 0.25) is 5.91 Å². The Hall–Kier alpha value is -2.60. The third-order valence-corrected chi connectivity index (χ3v) is 5.41. The lowest BCUT2D eigenvalue weighted by Crippen LogP contribution is -2.44. The Kier molecular flexibility index (Phi) is 5.85. The highest BCUT2D eigenvalue weighted by molar-refractivity contribution is 8.00. The maximum absolute atomic E-state index is 13.4. The van der Waals surface area contributed by atoms with Gasteiger partial charge >= 0.3 is 0 Å². The summed E-state index contributed by atoms with van der Waals surface area (Å²) in [5.41, 5.74) is 3.06. The summed E-state index contributed by atoms with van der Waals surface area (Å²) in [4.78, 5) is 30.7. The zero-order valence-corrected chi connectivity index (χ0v) is 18.6. The summed E-state index contributed by atoms with van der Waals surface area (Å²) in [5, 5.41) is 3.66. The van der Waals surface area contributed by atoms with E-state index < -0.39 is 5.25 Å². The number of aryl methyl sites for hydroxylation is 2. The van der Waals surface area contributed by atoms with E-state index in [1.807, 2.05) is 71.9 Å². The standard InChI is InChI=1S/C23H27N3O2S/c1-14-11-15(2)13-17(12-14)26-21(28)18-9-7-8-10-19(18)24-22(26)29-16(3)20(27)25-23(4,5)6/h7-13,16H,1-6H3,(H,25,27). The Labute approximate surface area is 175 Å². The van der Waals surface area contributed by atoms with Crippen LogP contribution in [0.25, 0.3) is 16.6 Å². The number of fused-ring (bicyclic) bond motifs is 1. The molecule has 1 aromatic heterocycles. The second kappa shape index (κ2) is 8.03. The van der Waals surface area contributed by atoms with Crippen molar-refractivity contribution in [3.8, 4) is 5.69 Å². The fourth-order valence-electron chi connectivity index (χ4n) is 3.18. The van der Waals surface area contributed by atoms with Crippen LogP contribution in [0.4, 0.5) is 0 Å². The largest absolute Gasteiger partial charge is 0.351 e. The highest BCUT2D eigenvalue weighted by atomic mass is 32.2. The van der Waals surface area contributed by atoms with Gasteiger partial charge in [0.1, 0.15) is 0 Å². The molecule has 152 valence electrons. The first kappa shape index (κ1) is 21.1. The predicted molar refractivity (Wildman–Crippen MR) is 120 cm³/mol. The Morgan fingerprint density at radius 2 is 1.72 bits per heavy atom. The van der Waals surface area contributed by atoms with Crippen LogP contribution in [0.15, 0.2) is 52.4 Å². The molecular formula is C23H27N3O2S. The summed E-state index contributed by atoms with van der Waals surface area (Å²) < 4.78 is 1.62. The molecule has 0 bridgehead atoms. The number of hydrogen-bond acceptors (Lipinski definition) is 4. The molecule has 0 aliphatic carbocycles. The van der Waals surface area contributed by atoms with E-state index >= 15 is 0 Å². The fourth-order valence-corrected chi connectivity index (χ4v) is 4.11. The van der Waals surface area contributed by atoms with Crippen LogP contribution in [0.2, 0.25) is 0 Å². The lowest BCUT2D eigenvalue weighted by atomic mass is 10.1. The molecule has 5 nitrogen and oxygen atoms in total. The molecule has 0 saturated carbocycles. The van der Waals surface area contributed by atoms with Crippen LogP contribution in [-0.4, -0.2) is 26.2 Å². The quantitative estimate of drug-likeness (QED) is 0.512. The van der Waals surface area contributed by atoms with Crippen LogP contribution in [0.3, 0.4) is 0 Å². The van der Waals surface area contributed by atoms with Gasteiger partial charge in [-0.3, -0.25) is 14.2 Å². The van der Waals surface area contributed by atoms with Crippen molar-refractivity contribution in [3.63, 3.8) is 0 Å². The van der Waals surface area contributed by atoms with Crippen LogP contribution in [0.1, 0.15) is 38.8 Å². The van der Waals surface area contributed by atoms with E-state index in [2.05, 4.69) is 11.4 Å². The molecule has 3 aromatic rings. The van der Waals surface area contributed by atoms with Gasteiger partial charge in [-0.25, -0.2) is 4.98 Å². The number of thioether (sulfide) groups is 1. The number of nitrogens with one attached hydrogen (secondary N) is 1. The van der Waals surface area contributed by atoms with Gasteiger partial charge in [-0.1, -0.05) is 30.0 Å². The number of hydrogen-bond donors (Lipinski definition) is 1. The Morgan fingerprint density at radius 3 is 2.34 bits per heavy atom. The molecule has 2 aromatic carbocycles. The smallest absolute Gasteiger partial charge is 0.266 e. The van der Waals surface area contributed by atoms with Gasteiger partial charge in [0.15, 0.2) is 5.16 Å². The van der Waals surface area contributed by atoms with Gasteiger partial charge in [-0.05, 0) is 76.9 Å². The number of benzene rings is 2. The average molecular weight is 410 g/mol. The highest BCUT2D eigenvalue weighted by Gasteiger charge is 2.23. The van der Waals surface area contributed by atoms with Crippen LogP contribution in [0.5, 0.6) is 0 Å². The average Bonchev–Trinajstić information content (AvgIpc) is 2.59. The summed E-state index contributed by atoms with van der Waals surface area (Å²) in [6.45, 7) is 11.7. The van der Waals surface area contributed by atoms with Crippen molar-refractivity contribution >= 4 is 28.6 Å². The molecule has 6 heteroatoms. The summed E-state index contributed by atoms with van der Waals surface area (Å²) in [6, 6.07) is 13.3. The van der Waals surface area contributed by atoms with Crippen molar-refractivity contribution in [2.45, 2.75) is 57.5 Å². The third kappa shape index (κ3) is 4.88. The topological polar surface area (TPSA) is 64.0 Å². The minimum absolute atomic E-state index is 0.0862. The number of rotatable bonds is 4. The summed E-state index contributed by atoms with van der Waals surface area (Å²) in [6.07, 6.45) is 0. The summed E-state index contributed by atoms with van der Waals surface area (Å²) in [5.74, 6) is -0.0862. The van der Waals surface area contributed by atoms with Crippen LogP contribution >= 0.6 is 11.8 Å². The molecule has 1 unspecified atom stereocenters. The first-order chi connectivity index (χ1) is 13.5. The van der Waals surface area contributed by atoms with Crippen molar-refractivity contribution in [3.05, 3.63) is 63.9 Å². The second-order valence-corrected chi connectivity index (χ2v) is 9.71. The minimum atomic E-state index is -0.403. The summed E-state index contributed by atoms with van der Waals surface area (Å²) >= 11 is 1.29. The third-order valence-electron chi connectivity index (χ3n) is 4.36. The van der Waals surface area contributed by atoms with Crippen molar-refractivity contribution < 1.29 is 4.79 Å². The van der Waals surface area contributed by atoms with Crippen molar-refractivity contribution in [1.29, 1.82) is 0 Å². The van der Waals surface area contributed by atoms with E-state index in [9.17, 15) is 9.59 Å². The zero-order chi connectivity index (χ0) is 21.3. The van der Waals surface area contributed by atoms with E-state index in [0.717, 1.165) is 16.8 Å². The Morgan fingerprint density at radius 1 is 1.10 bits per heavy atom. The van der Waals surface area contributed by atoms with Gasteiger partial charge in [0.05, 0.1) is 21.8 Å². The predicted octanol–water partition coefficient (Wildman–Crippen LogP) is 4.40. The van der Waals surface area contributed by atoms with Gasteiger partial charge in [-0.15, -0.1) is 0 Å². The maximum atomic E-state index is 13.4. The van der Waals surface area contributed by atoms with Crippen molar-refractivity contribution in [2.24, 2.45) is 0 Å². The first-order valence-electron chi connectivity index (χ1n) is 9.64. The van der Waals surface area contributed by atoms with Gasteiger partial charge < -0.3 is 5.32 Å². The lowest BCUT2D eigenvalue weighted by molar-refractivity contribution is -0.121. The second-order valence-electron chi connectivity index (χ2n) is 8.40. The first-order valence-corrected chi connectivity index (χ1v) is 10.5. The zero-order valence-electron chi connectivity index (χ0n) is 17.7. The molecule has 0 aliphatic heterocycles. The van der Waals surface area contributed by atoms with E-state index in [-0.39, 0.29) is 17.0 Å². The highest BCUT2D eigenvalue weighted by Crippen LogP contribution is 2.26. The molecule has 0 spiro atoms. The van der Waals surface area contributed by atoms with E-state index in [4.69, 9.17) is 4.98 Å². The Balaban J connectivity index is 2.15. The van der Waals surface area contributed by atoms with Crippen molar-refractivity contribution in [1.82, 2.24) is 14.9 Å². The number of nitrogens with zero attached hydrogens (tertiary/aromatic N) is 2. The van der Waals surface area contributed by atoms with E-state index in [1.54, 1.807) is 10.6 Å². The number of para-hydroxylation sites is 1. The van der Waals surface area contributed by atoms with Crippen LogP contribution in [0, 0.1) is 13.8 Å². The Bertz CT molecular complexity index is 1110. The van der Waals surface area contributed by atoms with Crippen LogP contribution < -0.4 is 10.9 Å². The molecule has 0 radical (unpaired) electrons. The molecule has 3 rings (SSSR count). The maximum Gasteiger partial charge on any atom is 0.266 e. The van der Waals surface area contributed by atoms with Crippen LogP contribution in [-0.2, 0) is 4.79 Å². The van der Waals surface area contributed by atoms with Gasteiger partial charge in [-0.2, -0.15) is 0 Å².